The Labute approximate surface area is 163 Å². The molecule has 5 nitrogen and oxygen atoms in total. The Balaban J connectivity index is 1.79. The Bertz CT molecular complexity index is 791. The Hall–Kier alpha value is -1.25. The molecule has 2 aromatic rings. The van der Waals surface area contributed by atoms with Crippen LogP contribution in [-0.2, 0) is 21.3 Å². The fourth-order valence-electron chi connectivity index (χ4n) is 2.90. The van der Waals surface area contributed by atoms with Gasteiger partial charge in [0, 0.05) is 37.2 Å². The number of rotatable bonds is 7. The molecule has 1 fully saturated rings. The summed E-state index contributed by atoms with van der Waals surface area (Å²) in [4.78, 5) is 2.57. The first-order valence-corrected chi connectivity index (χ1v) is 10.9. The van der Waals surface area contributed by atoms with E-state index in [4.69, 9.17) is 4.74 Å². The van der Waals surface area contributed by atoms with Crippen molar-refractivity contribution in [3.63, 3.8) is 0 Å². The molecule has 1 aliphatic rings. The van der Waals surface area contributed by atoms with Crippen LogP contribution in [0.25, 0.3) is 0 Å². The van der Waals surface area contributed by atoms with Gasteiger partial charge in [-0.3, -0.25) is 4.90 Å². The van der Waals surface area contributed by atoms with Crippen molar-refractivity contribution in [2.75, 3.05) is 39.4 Å². The van der Waals surface area contributed by atoms with Crippen LogP contribution in [0.2, 0.25) is 0 Å². The summed E-state index contributed by atoms with van der Waals surface area (Å²) in [6.45, 7) is 4.62. The zero-order valence-corrected chi connectivity index (χ0v) is 17.0. The van der Waals surface area contributed by atoms with Gasteiger partial charge in [0.05, 0.1) is 18.1 Å². The van der Waals surface area contributed by atoms with Gasteiger partial charge in [0.25, 0.3) is 0 Å². The number of hydrogen-bond donors (Lipinski definition) is 0. The van der Waals surface area contributed by atoms with Crippen molar-refractivity contribution < 1.29 is 13.2 Å². The molecule has 0 atom stereocenters. The van der Waals surface area contributed by atoms with E-state index in [1.54, 1.807) is 28.6 Å². The molecule has 0 saturated carbocycles. The fourth-order valence-corrected chi connectivity index (χ4v) is 4.59. The minimum atomic E-state index is -3.56. The molecule has 1 saturated heterocycles. The number of halogens is 1. The summed E-state index contributed by atoms with van der Waals surface area (Å²) >= 11 is 3.36. The zero-order chi connectivity index (χ0) is 18.4. The van der Waals surface area contributed by atoms with E-state index in [1.165, 1.54) is 0 Å². The molecule has 2 aromatic carbocycles. The summed E-state index contributed by atoms with van der Waals surface area (Å²) in [6, 6.07) is 16.5. The van der Waals surface area contributed by atoms with Crippen LogP contribution < -0.4 is 0 Å². The molecule has 0 N–H and O–H groups in total. The number of nitrogens with zero attached hydrogens (tertiary/aromatic N) is 2. The van der Waals surface area contributed by atoms with Gasteiger partial charge >= 0.3 is 0 Å². The highest BCUT2D eigenvalue weighted by Crippen LogP contribution is 2.21. The average molecular weight is 439 g/mol. The molecule has 0 aromatic heterocycles. The SMILES string of the molecule is O=S(=O)(c1ccc(Br)cc1)N(CCN1CCOCC1)Cc1ccccc1. The van der Waals surface area contributed by atoms with Crippen molar-refractivity contribution in [2.45, 2.75) is 11.4 Å². The molecule has 0 aliphatic carbocycles. The van der Waals surface area contributed by atoms with E-state index in [9.17, 15) is 8.42 Å². The lowest BCUT2D eigenvalue weighted by Gasteiger charge is -2.29. The summed E-state index contributed by atoms with van der Waals surface area (Å²) in [5.74, 6) is 0. The Morgan fingerprint density at radius 2 is 1.65 bits per heavy atom. The first-order valence-electron chi connectivity index (χ1n) is 8.65. The quantitative estimate of drug-likeness (QED) is 0.666. The van der Waals surface area contributed by atoms with Gasteiger partial charge in [-0.15, -0.1) is 0 Å². The summed E-state index contributed by atoms with van der Waals surface area (Å²) < 4.78 is 34.2. The van der Waals surface area contributed by atoms with Crippen molar-refractivity contribution in [1.29, 1.82) is 0 Å². The third-order valence-corrected chi connectivity index (χ3v) is 6.81. The zero-order valence-electron chi connectivity index (χ0n) is 14.6. The lowest BCUT2D eigenvalue weighted by molar-refractivity contribution is 0.0361. The first-order chi connectivity index (χ1) is 12.6. The smallest absolute Gasteiger partial charge is 0.243 e. The van der Waals surface area contributed by atoms with Crippen LogP contribution in [0.3, 0.4) is 0 Å². The Morgan fingerprint density at radius 1 is 1.00 bits per heavy atom. The highest BCUT2D eigenvalue weighted by atomic mass is 79.9. The van der Waals surface area contributed by atoms with Crippen LogP contribution in [0.1, 0.15) is 5.56 Å². The third kappa shape index (κ3) is 5.14. The van der Waals surface area contributed by atoms with Gasteiger partial charge in [0.2, 0.25) is 10.0 Å². The van der Waals surface area contributed by atoms with Crippen molar-refractivity contribution >= 4 is 26.0 Å². The first kappa shape index (κ1) is 19.5. The van der Waals surface area contributed by atoms with Crippen molar-refractivity contribution in [3.8, 4) is 0 Å². The Morgan fingerprint density at radius 3 is 2.31 bits per heavy atom. The minimum absolute atomic E-state index is 0.318. The van der Waals surface area contributed by atoms with Crippen LogP contribution in [0.15, 0.2) is 64.0 Å². The highest BCUT2D eigenvalue weighted by molar-refractivity contribution is 9.10. The molecular formula is C19H23BrN2O3S. The maximum atomic E-state index is 13.2. The molecule has 0 radical (unpaired) electrons. The highest BCUT2D eigenvalue weighted by Gasteiger charge is 2.25. The van der Waals surface area contributed by atoms with Crippen LogP contribution in [-0.4, -0.2) is 57.0 Å². The number of benzene rings is 2. The van der Waals surface area contributed by atoms with Gasteiger partial charge in [0.1, 0.15) is 0 Å². The minimum Gasteiger partial charge on any atom is -0.379 e. The normalized spacial score (nSPS) is 16.1. The predicted octanol–water partition coefficient (Wildman–Crippen LogP) is 2.97. The number of sulfonamides is 1. The average Bonchev–Trinajstić information content (AvgIpc) is 2.67. The topological polar surface area (TPSA) is 49.9 Å². The second-order valence-corrected chi connectivity index (χ2v) is 9.09. The monoisotopic (exact) mass is 438 g/mol. The van der Waals surface area contributed by atoms with Crippen LogP contribution in [0, 0.1) is 0 Å². The van der Waals surface area contributed by atoms with E-state index in [0.29, 0.717) is 37.7 Å². The van der Waals surface area contributed by atoms with E-state index in [1.807, 2.05) is 30.3 Å². The maximum Gasteiger partial charge on any atom is 0.243 e. The molecular weight excluding hydrogens is 416 g/mol. The van der Waals surface area contributed by atoms with E-state index in [0.717, 1.165) is 23.1 Å². The van der Waals surface area contributed by atoms with Gasteiger partial charge in [-0.25, -0.2) is 8.42 Å². The van der Waals surface area contributed by atoms with E-state index in [2.05, 4.69) is 20.8 Å². The largest absolute Gasteiger partial charge is 0.379 e. The maximum absolute atomic E-state index is 13.2. The second-order valence-electron chi connectivity index (χ2n) is 6.23. The van der Waals surface area contributed by atoms with Crippen molar-refractivity contribution in [1.82, 2.24) is 9.21 Å². The molecule has 1 heterocycles. The fraction of sp³-hybridized carbons (Fsp3) is 0.368. The van der Waals surface area contributed by atoms with Gasteiger partial charge in [-0.2, -0.15) is 4.31 Å². The van der Waals surface area contributed by atoms with Crippen LogP contribution in [0.4, 0.5) is 0 Å². The molecule has 0 spiro atoms. The summed E-state index contributed by atoms with van der Waals surface area (Å²) in [5, 5.41) is 0. The van der Waals surface area contributed by atoms with Gasteiger partial charge < -0.3 is 4.74 Å². The molecule has 3 rings (SSSR count). The van der Waals surface area contributed by atoms with E-state index in [-0.39, 0.29) is 0 Å². The molecule has 0 unspecified atom stereocenters. The van der Waals surface area contributed by atoms with Gasteiger partial charge in [-0.05, 0) is 29.8 Å². The standard InChI is InChI=1S/C19H23BrN2O3S/c20-18-6-8-19(9-7-18)26(23,24)22(16-17-4-2-1-3-5-17)11-10-21-12-14-25-15-13-21/h1-9H,10-16H2. The number of ether oxygens (including phenoxy) is 1. The molecule has 7 heteroatoms. The molecule has 140 valence electrons. The summed E-state index contributed by atoms with van der Waals surface area (Å²) in [7, 11) is -3.56. The van der Waals surface area contributed by atoms with Crippen molar-refractivity contribution in [2.24, 2.45) is 0 Å². The summed E-state index contributed by atoms with van der Waals surface area (Å²) in [6.07, 6.45) is 0. The lowest BCUT2D eigenvalue weighted by atomic mass is 10.2. The van der Waals surface area contributed by atoms with E-state index < -0.39 is 10.0 Å². The third-order valence-electron chi connectivity index (χ3n) is 4.42. The molecule has 0 amide bonds. The molecule has 0 bridgehead atoms. The summed E-state index contributed by atoms with van der Waals surface area (Å²) in [5.41, 5.74) is 0.982. The van der Waals surface area contributed by atoms with Crippen molar-refractivity contribution in [3.05, 3.63) is 64.6 Å². The van der Waals surface area contributed by atoms with Gasteiger partial charge in [-0.1, -0.05) is 46.3 Å². The lowest BCUT2D eigenvalue weighted by Crippen LogP contribution is -2.42. The van der Waals surface area contributed by atoms with Gasteiger partial charge in [0.15, 0.2) is 0 Å². The predicted molar refractivity (Wildman–Crippen MR) is 105 cm³/mol. The molecule has 1 aliphatic heterocycles. The number of morpholine rings is 1. The molecule has 26 heavy (non-hydrogen) atoms. The van der Waals surface area contributed by atoms with E-state index >= 15 is 0 Å². The Kier molecular flexibility index (Phi) is 6.83. The second kappa shape index (κ2) is 9.10. The van der Waals surface area contributed by atoms with Crippen LogP contribution in [0.5, 0.6) is 0 Å². The number of hydrogen-bond acceptors (Lipinski definition) is 4. The van der Waals surface area contributed by atoms with Crippen LogP contribution >= 0.6 is 15.9 Å².